The lowest BCUT2D eigenvalue weighted by Gasteiger charge is -2.27. The van der Waals surface area contributed by atoms with E-state index >= 15 is 0 Å². The van der Waals surface area contributed by atoms with Crippen LogP contribution in [0.3, 0.4) is 0 Å². The van der Waals surface area contributed by atoms with Gasteiger partial charge in [-0.25, -0.2) is 4.98 Å². The van der Waals surface area contributed by atoms with Gasteiger partial charge in [0.15, 0.2) is 0 Å². The van der Waals surface area contributed by atoms with Crippen LogP contribution in [0.5, 0.6) is 0 Å². The summed E-state index contributed by atoms with van der Waals surface area (Å²) in [4.78, 5) is 16.0. The summed E-state index contributed by atoms with van der Waals surface area (Å²) in [6.45, 7) is 3.58. The minimum Gasteiger partial charge on any atom is -0.349 e. The molecule has 3 rings (SSSR count). The summed E-state index contributed by atoms with van der Waals surface area (Å²) in [7, 11) is 0. The molecule has 1 atom stereocenters. The van der Waals surface area contributed by atoms with Crippen LogP contribution in [-0.4, -0.2) is 28.5 Å². The van der Waals surface area contributed by atoms with Gasteiger partial charge in [-0.1, -0.05) is 12.1 Å². The summed E-state index contributed by atoms with van der Waals surface area (Å²) in [5.74, 6) is 0.249. The monoisotopic (exact) mass is 306 g/mol. The van der Waals surface area contributed by atoms with Gasteiger partial charge in [-0.15, -0.1) is 12.4 Å². The molecule has 112 valence electrons. The Kier molecular flexibility index (Phi) is 4.98. The average Bonchev–Trinajstić information content (AvgIpc) is 2.90. The Hall–Kier alpha value is -1.85. The Morgan fingerprint density at radius 3 is 2.90 bits per heavy atom. The van der Waals surface area contributed by atoms with Gasteiger partial charge in [-0.05, 0) is 24.6 Å². The van der Waals surface area contributed by atoms with Crippen molar-refractivity contribution in [1.29, 1.82) is 0 Å². The van der Waals surface area contributed by atoms with Gasteiger partial charge < -0.3 is 15.2 Å². The molecular formula is C15H19ClN4O. The second kappa shape index (κ2) is 6.74. The van der Waals surface area contributed by atoms with E-state index in [0.717, 1.165) is 24.3 Å². The largest absolute Gasteiger partial charge is 0.349 e. The van der Waals surface area contributed by atoms with Crippen molar-refractivity contribution in [3.63, 3.8) is 0 Å². The third kappa shape index (κ3) is 3.43. The Morgan fingerprint density at radius 2 is 2.29 bits per heavy atom. The summed E-state index contributed by atoms with van der Waals surface area (Å²) >= 11 is 0. The zero-order valence-electron chi connectivity index (χ0n) is 11.8. The molecule has 1 aliphatic rings. The molecule has 0 saturated carbocycles. The lowest BCUT2D eigenvalue weighted by atomic mass is 10.0. The summed E-state index contributed by atoms with van der Waals surface area (Å²) in [5.41, 5.74) is 2.14. The number of rotatable bonds is 4. The maximum atomic E-state index is 12.0. The standard InChI is InChI=1S/C15H18N4O.ClH/c1-11(18-15(20)13-8-17-9-13)12-3-2-4-14(7-12)19-6-5-16-10-19;/h2-7,10-11,13,17H,8-9H2,1H3,(H,18,20);1H. The molecule has 2 heterocycles. The number of carbonyl (C=O) groups excluding carboxylic acids is 1. The number of imidazole rings is 1. The van der Waals surface area contributed by atoms with Gasteiger partial charge in [0.2, 0.25) is 5.91 Å². The minimum atomic E-state index is 0. The highest BCUT2D eigenvalue weighted by molar-refractivity contribution is 5.85. The maximum Gasteiger partial charge on any atom is 0.226 e. The van der Waals surface area contributed by atoms with E-state index in [0.29, 0.717) is 0 Å². The van der Waals surface area contributed by atoms with Crippen LogP contribution in [-0.2, 0) is 4.79 Å². The highest BCUT2D eigenvalue weighted by Crippen LogP contribution is 2.17. The van der Waals surface area contributed by atoms with Gasteiger partial charge in [-0.3, -0.25) is 4.79 Å². The predicted octanol–water partition coefficient (Wildman–Crippen LogP) is 1.69. The minimum absolute atomic E-state index is 0. The van der Waals surface area contributed by atoms with Crippen molar-refractivity contribution in [1.82, 2.24) is 20.2 Å². The van der Waals surface area contributed by atoms with Gasteiger partial charge in [0.25, 0.3) is 0 Å². The smallest absolute Gasteiger partial charge is 0.226 e. The highest BCUT2D eigenvalue weighted by Gasteiger charge is 2.25. The van der Waals surface area contributed by atoms with E-state index < -0.39 is 0 Å². The van der Waals surface area contributed by atoms with Crippen molar-refractivity contribution in [2.45, 2.75) is 13.0 Å². The number of nitrogens with one attached hydrogen (secondary N) is 2. The number of benzene rings is 1. The SMILES string of the molecule is CC(NC(=O)C1CNC1)c1cccc(-n2ccnc2)c1.Cl. The number of nitrogens with zero attached hydrogens (tertiary/aromatic N) is 2. The van der Waals surface area contributed by atoms with Crippen molar-refractivity contribution >= 4 is 18.3 Å². The molecule has 1 aromatic carbocycles. The van der Waals surface area contributed by atoms with Crippen molar-refractivity contribution in [3.05, 3.63) is 48.5 Å². The maximum absolute atomic E-state index is 12.0. The Bertz CT molecular complexity index is 595. The quantitative estimate of drug-likeness (QED) is 0.904. The molecule has 6 heteroatoms. The fourth-order valence-corrected chi connectivity index (χ4v) is 2.26. The fraction of sp³-hybridized carbons (Fsp3) is 0.333. The molecule has 21 heavy (non-hydrogen) atoms. The summed E-state index contributed by atoms with van der Waals surface area (Å²) in [5, 5.41) is 6.18. The number of carbonyl (C=O) groups is 1. The van der Waals surface area contributed by atoms with Gasteiger partial charge in [0.05, 0.1) is 18.3 Å². The van der Waals surface area contributed by atoms with Crippen LogP contribution in [0.25, 0.3) is 5.69 Å². The number of hydrogen-bond donors (Lipinski definition) is 2. The van der Waals surface area contributed by atoms with Crippen LogP contribution in [0.1, 0.15) is 18.5 Å². The number of hydrogen-bond acceptors (Lipinski definition) is 3. The third-order valence-corrected chi connectivity index (χ3v) is 3.68. The van der Waals surface area contributed by atoms with Crippen LogP contribution in [0.15, 0.2) is 43.0 Å². The van der Waals surface area contributed by atoms with Crippen molar-refractivity contribution in [2.75, 3.05) is 13.1 Å². The molecule has 1 amide bonds. The van der Waals surface area contributed by atoms with E-state index in [9.17, 15) is 4.79 Å². The normalized spacial score (nSPS) is 15.7. The van der Waals surface area contributed by atoms with E-state index in [1.807, 2.05) is 35.9 Å². The molecule has 1 saturated heterocycles. The van der Waals surface area contributed by atoms with E-state index in [1.54, 1.807) is 12.5 Å². The molecule has 0 aliphatic carbocycles. The molecule has 0 bridgehead atoms. The van der Waals surface area contributed by atoms with Crippen molar-refractivity contribution in [3.8, 4) is 5.69 Å². The van der Waals surface area contributed by atoms with Gasteiger partial charge >= 0.3 is 0 Å². The highest BCUT2D eigenvalue weighted by atomic mass is 35.5. The topological polar surface area (TPSA) is 59.0 Å². The molecule has 2 N–H and O–H groups in total. The molecule has 1 unspecified atom stereocenters. The Labute approximate surface area is 130 Å². The third-order valence-electron chi connectivity index (χ3n) is 3.68. The zero-order chi connectivity index (χ0) is 13.9. The molecule has 1 fully saturated rings. The van der Waals surface area contributed by atoms with Crippen LogP contribution in [0.2, 0.25) is 0 Å². The first-order chi connectivity index (χ1) is 9.74. The van der Waals surface area contributed by atoms with E-state index in [2.05, 4.69) is 21.7 Å². The fourth-order valence-electron chi connectivity index (χ4n) is 2.26. The summed E-state index contributed by atoms with van der Waals surface area (Å²) in [6.07, 6.45) is 5.42. The van der Waals surface area contributed by atoms with Crippen LogP contribution in [0, 0.1) is 5.92 Å². The summed E-state index contributed by atoms with van der Waals surface area (Å²) in [6, 6.07) is 8.13. The second-order valence-electron chi connectivity index (χ2n) is 5.15. The molecule has 1 aromatic heterocycles. The number of halogens is 1. The van der Waals surface area contributed by atoms with Crippen LogP contribution >= 0.6 is 12.4 Å². The van der Waals surface area contributed by atoms with Crippen molar-refractivity contribution in [2.24, 2.45) is 5.92 Å². The molecular weight excluding hydrogens is 288 g/mol. The molecule has 0 radical (unpaired) electrons. The number of aromatic nitrogens is 2. The first kappa shape index (κ1) is 15.5. The van der Waals surface area contributed by atoms with E-state index in [-0.39, 0.29) is 30.3 Å². The van der Waals surface area contributed by atoms with Gasteiger partial charge in [-0.2, -0.15) is 0 Å². The van der Waals surface area contributed by atoms with Crippen molar-refractivity contribution < 1.29 is 4.79 Å². The van der Waals surface area contributed by atoms with Gasteiger partial charge in [0, 0.05) is 31.2 Å². The Morgan fingerprint density at radius 1 is 1.48 bits per heavy atom. The first-order valence-corrected chi connectivity index (χ1v) is 6.83. The summed E-state index contributed by atoms with van der Waals surface area (Å²) < 4.78 is 1.95. The molecule has 1 aliphatic heterocycles. The van der Waals surface area contributed by atoms with Crippen LogP contribution < -0.4 is 10.6 Å². The second-order valence-corrected chi connectivity index (χ2v) is 5.15. The number of amides is 1. The van der Waals surface area contributed by atoms with Gasteiger partial charge in [0.1, 0.15) is 0 Å². The Balaban J connectivity index is 0.00000161. The van der Waals surface area contributed by atoms with Crippen LogP contribution in [0.4, 0.5) is 0 Å². The zero-order valence-corrected chi connectivity index (χ0v) is 12.6. The molecule has 2 aromatic rings. The predicted molar refractivity (Wildman–Crippen MR) is 83.7 cm³/mol. The lowest BCUT2D eigenvalue weighted by molar-refractivity contribution is -0.127. The molecule has 5 nitrogen and oxygen atoms in total. The van der Waals surface area contributed by atoms with E-state index in [1.165, 1.54) is 0 Å². The lowest BCUT2D eigenvalue weighted by Crippen LogP contribution is -2.51. The molecule has 0 spiro atoms. The first-order valence-electron chi connectivity index (χ1n) is 6.83. The average molecular weight is 307 g/mol. The van der Waals surface area contributed by atoms with E-state index in [4.69, 9.17) is 0 Å².